The molecule has 0 radical (unpaired) electrons. The molecule has 0 saturated heterocycles. The van der Waals surface area contributed by atoms with Crippen LogP contribution in [0.25, 0.3) is 11.1 Å². The van der Waals surface area contributed by atoms with E-state index in [2.05, 4.69) is 36.3 Å². The lowest BCUT2D eigenvalue weighted by Gasteiger charge is -2.28. The van der Waals surface area contributed by atoms with Gasteiger partial charge in [-0.3, -0.25) is 0 Å². The van der Waals surface area contributed by atoms with Gasteiger partial charge in [0.1, 0.15) is 5.52 Å². The summed E-state index contributed by atoms with van der Waals surface area (Å²) in [5.41, 5.74) is 8.91. The van der Waals surface area contributed by atoms with Crippen LogP contribution < -0.4 is 11.1 Å². The normalized spacial score (nSPS) is 13.9. The number of nitrogens with zero attached hydrogens (tertiary/aromatic N) is 1. The fourth-order valence-corrected chi connectivity index (χ4v) is 2.30. The molecule has 1 aromatic heterocycles. The zero-order valence-electron chi connectivity index (χ0n) is 12.2. The largest absolute Gasteiger partial charge is 0.441 e. The number of aromatic nitrogens is 1. The van der Waals surface area contributed by atoms with Gasteiger partial charge < -0.3 is 15.5 Å². The van der Waals surface area contributed by atoms with E-state index < -0.39 is 0 Å². The second-order valence-corrected chi connectivity index (χ2v) is 5.87. The van der Waals surface area contributed by atoms with Gasteiger partial charge in [-0.15, -0.1) is 0 Å². The minimum Gasteiger partial charge on any atom is -0.441 e. The van der Waals surface area contributed by atoms with Crippen molar-refractivity contribution in [3.8, 4) is 0 Å². The van der Waals surface area contributed by atoms with Crippen LogP contribution in [0.1, 0.15) is 37.8 Å². The molecular formula is C15H23N3O. The summed E-state index contributed by atoms with van der Waals surface area (Å²) in [6.45, 7) is 6.92. The quantitative estimate of drug-likeness (QED) is 0.868. The Morgan fingerprint density at radius 2 is 2.16 bits per heavy atom. The molecule has 1 unspecified atom stereocenters. The molecule has 0 amide bonds. The number of fused-ring (bicyclic) bond motifs is 1. The van der Waals surface area contributed by atoms with E-state index in [0.717, 1.165) is 17.5 Å². The third-order valence-corrected chi connectivity index (χ3v) is 3.58. The highest BCUT2D eigenvalue weighted by Gasteiger charge is 2.22. The lowest BCUT2D eigenvalue weighted by Crippen LogP contribution is -2.30. The first kappa shape index (κ1) is 14.0. The van der Waals surface area contributed by atoms with Crippen molar-refractivity contribution in [2.45, 2.75) is 33.2 Å². The molecule has 0 spiro atoms. The molecule has 2 aromatic rings. The highest BCUT2D eigenvalue weighted by molar-refractivity contribution is 5.73. The molecule has 0 saturated carbocycles. The van der Waals surface area contributed by atoms with E-state index in [9.17, 15) is 0 Å². The van der Waals surface area contributed by atoms with Gasteiger partial charge in [0.05, 0.1) is 0 Å². The van der Waals surface area contributed by atoms with Crippen LogP contribution in [0.15, 0.2) is 22.6 Å². The molecule has 0 aliphatic heterocycles. The number of benzene rings is 1. The van der Waals surface area contributed by atoms with Gasteiger partial charge in [0.25, 0.3) is 0 Å². The third kappa shape index (κ3) is 3.14. The van der Waals surface area contributed by atoms with Crippen LogP contribution in [0, 0.1) is 12.3 Å². The summed E-state index contributed by atoms with van der Waals surface area (Å²) in [6.07, 6.45) is 0.985. The van der Waals surface area contributed by atoms with Gasteiger partial charge >= 0.3 is 0 Å². The summed E-state index contributed by atoms with van der Waals surface area (Å²) in [6, 6.07) is 6.47. The van der Waals surface area contributed by atoms with E-state index >= 15 is 0 Å². The van der Waals surface area contributed by atoms with Gasteiger partial charge in [0, 0.05) is 13.0 Å². The topological polar surface area (TPSA) is 64.1 Å². The van der Waals surface area contributed by atoms with E-state index in [1.165, 1.54) is 5.56 Å². The molecule has 1 aromatic carbocycles. The molecule has 0 fully saturated rings. The maximum atomic E-state index is 5.82. The second kappa shape index (κ2) is 5.31. The zero-order valence-corrected chi connectivity index (χ0v) is 12.2. The highest BCUT2D eigenvalue weighted by atomic mass is 16.3. The van der Waals surface area contributed by atoms with Crippen LogP contribution in [0.4, 0.5) is 0 Å². The van der Waals surface area contributed by atoms with Crippen LogP contribution >= 0.6 is 0 Å². The monoisotopic (exact) mass is 261 g/mol. The van der Waals surface area contributed by atoms with Crippen molar-refractivity contribution in [2.24, 2.45) is 11.1 Å². The van der Waals surface area contributed by atoms with Crippen molar-refractivity contribution in [1.82, 2.24) is 10.3 Å². The maximum absolute atomic E-state index is 5.82. The van der Waals surface area contributed by atoms with E-state index in [0.29, 0.717) is 12.4 Å². The number of hydrogen-bond donors (Lipinski definition) is 2. The molecule has 4 heteroatoms. The second-order valence-electron chi connectivity index (χ2n) is 5.87. The highest BCUT2D eigenvalue weighted by Crippen LogP contribution is 2.30. The summed E-state index contributed by atoms with van der Waals surface area (Å²) in [7, 11) is 1.98. The van der Waals surface area contributed by atoms with E-state index in [4.69, 9.17) is 10.2 Å². The molecule has 1 atom stereocenters. The van der Waals surface area contributed by atoms with Gasteiger partial charge in [-0.05, 0) is 43.1 Å². The van der Waals surface area contributed by atoms with Gasteiger partial charge in [0.2, 0.25) is 0 Å². The molecule has 2 rings (SSSR count). The van der Waals surface area contributed by atoms with Gasteiger partial charge in [-0.25, -0.2) is 4.98 Å². The van der Waals surface area contributed by atoms with Crippen LogP contribution in [-0.2, 0) is 0 Å². The maximum Gasteiger partial charge on any atom is 0.192 e. The Morgan fingerprint density at radius 1 is 1.42 bits per heavy atom. The molecule has 0 bridgehead atoms. The standard InChI is InChI=1S/C15H23N3O/c1-10-18-12-6-5-11(7-14(12)19-10)13(17-4)8-15(2,3)9-16/h5-7,13,17H,8-9,16H2,1-4H3. The number of rotatable bonds is 5. The Hall–Kier alpha value is -1.39. The number of nitrogens with one attached hydrogen (secondary N) is 1. The summed E-state index contributed by atoms with van der Waals surface area (Å²) in [5.74, 6) is 0.704. The fraction of sp³-hybridized carbons (Fsp3) is 0.533. The van der Waals surface area contributed by atoms with Crippen LogP contribution in [0.5, 0.6) is 0 Å². The predicted octanol–water partition coefficient (Wildman–Crippen LogP) is 2.77. The average Bonchev–Trinajstić information content (AvgIpc) is 2.75. The number of aryl methyl sites for hydroxylation is 1. The first-order valence-electron chi connectivity index (χ1n) is 6.69. The van der Waals surface area contributed by atoms with Crippen LogP contribution in [0.3, 0.4) is 0 Å². The summed E-state index contributed by atoms with van der Waals surface area (Å²) in [4.78, 5) is 4.32. The van der Waals surface area contributed by atoms with Gasteiger partial charge in [-0.2, -0.15) is 0 Å². The Kier molecular flexibility index (Phi) is 3.92. The van der Waals surface area contributed by atoms with Crippen LogP contribution in [-0.4, -0.2) is 18.6 Å². The van der Waals surface area contributed by atoms with Crippen LogP contribution in [0.2, 0.25) is 0 Å². The first-order valence-corrected chi connectivity index (χ1v) is 6.69. The van der Waals surface area contributed by atoms with Crippen molar-refractivity contribution in [3.05, 3.63) is 29.7 Å². The minimum absolute atomic E-state index is 0.111. The lowest BCUT2D eigenvalue weighted by molar-refractivity contribution is 0.299. The Labute approximate surface area is 114 Å². The SMILES string of the molecule is CNC(CC(C)(C)CN)c1ccc2nc(C)oc2c1. The number of hydrogen-bond acceptors (Lipinski definition) is 4. The number of nitrogens with two attached hydrogens (primary N) is 1. The zero-order chi connectivity index (χ0) is 14.0. The van der Waals surface area contributed by atoms with Crippen molar-refractivity contribution in [2.75, 3.05) is 13.6 Å². The Morgan fingerprint density at radius 3 is 2.79 bits per heavy atom. The molecular weight excluding hydrogens is 238 g/mol. The smallest absolute Gasteiger partial charge is 0.192 e. The molecule has 4 nitrogen and oxygen atoms in total. The van der Waals surface area contributed by atoms with Crippen molar-refractivity contribution in [3.63, 3.8) is 0 Å². The third-order valence-electron chi connectivity index (χ3n) is 3.58. The van der Waals surface area contributed by atoms with E-state index in [1.807, 2.05) is 20.0 Å². The molecule has 0 aliphatic rings. The summed E-state index contributed by atoms with van der Waals surface area (Å²) in [5, 5.41) is 3.36. The molecule has 19 heavy (non-hydrogen) atoms. The van der Waals surface area contributed by atoms with Crippen molar-refractivity contribution < 1.29 is 4.42 Å². The molecule has 3 N–H and O–H groups in total. The molecule has 104 valence electrons. The average molecular weight is 261 g/mol. The Balaban J connectivity index is 2.29. The van der Waals surface area contributed by atoms with Crippen molar-refractivity contribution >= 4 is 11.1 Å². The first-order chi connectivity index (χ1) is 8.95. The number of oxazole rings is 1. The molecule has 0 aliphatic carbocycles. The van der Waals surface area contributed by atoms with E-state index in [-0.39, 0.29) is 11.5 Å². The molecule has 1 heterocycles. The van der Waals surface area contributed by atoms with Gasteiger partial charge in [0.15, 0.2) is 11.5 Å². The summed E-state index contributed by atoms with van der Waals surface area (Å²) < 4.78 is 5.60. The minimum atomic E-state index is 0.111. The van der Waals surface area contributed by atoms with E-state index in [1.54, 1.807) is 0 Å². The lowest BCUT2D eigenvalue weighted by atomic mass is 9.83. The predicted molar refractivity (Wildman–Crippen MR) is 78.0 cm³/mol. The summed E-state index contributed by atoms with van der Waals surface area (Å²) >= 11 is 0. The Bertz CT molecular complexity index is 560. The van der Waals surface area contributed by atoms with Gasteiger partial charge in [-0.1, -0.05) is 19.9 Å². The fourth-order valence-electron chi connectivity index (χ4n) is 2.30. The van der Waals surface area contributed by atoms with Crippen molar-refractivity contribution in [1.29, 1.82) is 0 Å².